The molecule has 6 nitrogen and oxygen atoms in total. The Balaban J connectivity index is 1.61. The first kappa shape index (κ1) is 16.8. The van der Waals surface area contributed by atoms with Crippen LogP contribution in [0, 0.1) is 6.92 Å². The van der Waals surface area contributed by atoms with Gasteiger partial charge in [-0.2, -0.15) is 0 Å². The minimum Gasteiger partial charge on any atom is -0.496 e. The Kier molecular flexibility index (Phi) is 5.18. The molecule has 0 aliphatic rings. The number of nitrogens with one attached hydrogen (secondary N) is 2. The second-order valence-corrected chi connectivity index (χ2v) is 5.72. The van der Waals surface area contributed by atoms with Gasteiger partial charge in [0.05, 0.1) is 19.3 Å². The predicted octanol–water partition coefficient (Wildman–Crippen LogP) is 2.52. The van der Waals surface area contributed by atoms with Crippen molar-refractivity contribution < 1.29 is 4.74 Å². The molecule has 6 heteroatoms. The molecule has 0 saturated heterocycles. The van der Waals surface area contributed by atoms with E-state index in [0.717, 1.165) is 34.3 Å². The lowest BCUT2D eigenvalue weighted by Crippen LogP contribution is -2.36. The number of hydrogen-bond donors (Lipinski definition) is 2. The van der Waals surface area contributed by atoms with Crippen molar-refractivity contribution in [3.05, 3.63) is 65.6 Å². The fourth-order valence-corrected chi connectivity index (χ4v) is 2.71. The van der Waals surface area contributed by atoms with Crippen LogP contribution < -0.4 is 15.4 Å². The van der Waals surface area contributed by atoms with E-state index in [0.29, 0.717) is 13.1 Å². The number of imidazole rings is 1. The third-order valence-electron chi connectivity index (χ3n) is 4.05. The molecule has 0 radical (unpaired) electrons. The lowest BCUT2D eigenvalue weighted by molar-refractivity contribution is 0.409. The summed E-state index contributed by atoms with van der Waals surface area (Å²) in [6, 6.07) is 14.0. The van der Waals surface area contributed by atoms with Gasteiger partial charge < -0.3 is 19.8 Å². The molecule has 2 N–H and O–H groups in total. The Morgan fingerprint density at radius 3 is 2.68 bits per heavy atom. The van der Waals surface area contributed by atoms with E-state index in [1.54, 1.807) is 14.2 Å². The van der Waals surface area contributed by atoms with E-state index >= 15 is 0 Å². The first-order chi connectivity index (χ1) is 12.2. The molecule has 0 fully saturated rings. The number of nitrogens with zero attached hydrogens (tertiary/aromatic N) is 3. The number of guanidine groups is 1. The molecule has 0 spiro atoms. The van der Waals surface area contributed by atoms with Gasteiger partial charge in [0.25, 0.3) is 0 Å². The largest absolute Gasteiger partial charge is 0.496 e. The highest BCUT2D eigenvalue weighted by Crippen LogP contribution is 2.16. The summed E-state index contributed by atoms with van der Waals surface area (Å²) in [7, 11) is 3.43. The molecular formula is C19H23N5O. The zero-order chi connectivity index (χ0) is 17.6. The molecule has 25 heavy (non-hydrogen) atoms. The van der Waals surface area contributed by atoms with Crippen molar-refractivity contribution in [2.75, 3.05) is 14.2 Å². The minimum atomic E-state index is 0.604. The molecule has 0 aliphatic carbocycles. The Labute approximate surface area is 147 Å². The standard InChI is InChI=1S/C19H23N5O/c1-14-7-6-10-18-23-16(13-24(14)18)12-22-19(20-2)21-11-15-8-4-5-9-17(15)25-3/h4-10,13H,11-12H2,1-3H3,(H2,20,21,22). The van der Waals surface area contributed by atoms with Crippen LogP contribution in [-0.4, -0.2) is 29.5 Å². The van der Waals surface area contributed by atoms with Gasteiger partial charge in [0, 0.05) is 31.0 Å². The van der Waals surface area contributed by atoms with Gasteiger partial charge in [0.1, 0.15) is 11.4 Å². The molecule has 0 bridgehead atoms. The average Bonchev–Trinajstić information content (AvgIpc) is 3.06. The number of pyridine rings is 1. The van der Waals surface area contributed by atoms with E-state index in [2.05, 4.69) is 38.0 Å². The van der Waals surface area contributed by atoms with Crippen molar-refractivity contribution in [3.8, 4) is 5.75 Å². The molecule has 0 atom stereocenters. The highest BCUT2D eigenvalue weighted by atomic mass is 16.5. The van der Waals surface area contributed by atoms with Crippen LogP contribution in [-0.2, 0) is 13.1 Å². The number of benzene rings is 1. The first-order valence-corrected chi connectivity index (χ1v) is 8.21. The third-order valence-corrected chi connectivity index (χ3v) is 4.05. The molecule has 3 aromatic rings. The van der Waals surface area contributed by atoms with E-state index in [1.807, 2.05) is 42.6 Å². The second kappa shape index (κ2) is 7.70. The monoisotopic (exact) mass is 337 g/mol. The average molecular weight is 337 g/mol. The molecule has 0 amide bonds. The topological polar surface area (TPSA) is 63.0 Å². The van der Waals surface area contributed by atoms with Gasteiger partial charge in [0.2, 0.25) is 0 Å². The highest BCUT2D eigenvalue weighted by molar-refractivity contribution is 5.79. The van der Waals surface area contributed by atoms with Crippen LogP contribution in [0.25, 0.3) is 5.65 Å². The van der Waals surface area contributed by atoms with Crippen molar-refractivity contribution in [1.82, 2.24) is 20.0 Å². The van der Waals surface area contributed by atoms with Crippen LogP contribution in [0.4, 0.5) is 0 Å². The summed E-state index contributed by atoms with van der Waals surface area (Å²) < 4.78 is 7.46. The molecule has 1 aromatic carbocycles. The molecular weight excluding hydrogens is 314 g/mol. The van der Waals surface area contributed by atoms with Gasteiger partial charge in [-0.1, -0.05) is 24.3 Å². The number of ether oxygens (including phenoxy) is 1. The van der Waals surface area contributed by atoms with E-state index in [-0.39, 0.29) is 0 Å². The number of rotatable bonds is 5. The zero-order valence-electron chi connectivity index (χ0n) is 14.8. The summed E-state index contributed by atoms with van der Waals surface area (Å²) in [5, 5.41) is 6.60. The number of para-hydroxylation sites is 1. The molecule has 0 saturated carbocycles. The summed E-state index contributed by atoms with van der Waals surface area (Å²) in [6.45, 7) is 3.31. The Bertz CT molecular complexity index is 884. The number of hydrogen-bond acceptors (Lipinski definition) is 3. The lowest BCUT2D eigenvalue weighted by Gasteiger charge is -2.13. The molecule has 0 aliphatic heterocycles. The van der Waals surface area contributed by atoms with Gasteiger partial charge in [-0.3, -0.25) is 4.99 Å². The van der Waals surface area contributed by atoms with Crippen molar-refractivity contribution >= 4 is 11.6 Å². The van der Waals surface area contributed by atoms with Gasteiger partial charge in [-0.25, -0.2) is 4.98 Å². The van der Waals surface area contributed by atoms with Gasteiger partial charge in [-0.15, -0.1) is 0 Å². The lowest BCUT2D eigenvalue weighted by atomic mass is 10.2. The molecule has 2 aromatic heterocycles. The maximum Gasteiger partial charge on any atom is 0.191 e. The van der Waals surface area contributed by atoms with Crippen LogP contribution in [0.2, 0.25) is 0 Å². The number of aryl methyl sites for hydroxylation is 1. The van der Waals surface area contributed by atoms with Gasteiger partial charge in [0.15, 0.2) is 5.96 Å². The van der Waals surface area contributed by atoms with Crippen LogP contribution in [0.5, 0.6) is 5.75 Å². The predicted molar refractivity (Wildman–Crippen MR) is 100.0 cm³/mol. The summed E-state index contributed by atoms with van der Waals surface area (Å²) in [5.74, 6) is 1.58. The highest BCUT2D eigenvalue weighted by Gasteiger charge is 2.06. The van der Waals surface area contributed by atoms with Crippen LogP contribution >= 0.6 is 0 Å². The quantitative estimate of drug-likeness (QED) is 0.555. The molecule has 3 rings (SSSR count). The summed E-state index contributed by atoms with van der Waals surface area (Å²) in [4.78, 5) is 8.89. The minimum absolute atomic E-state index is 0.604. The van der Waals surface area contributed by atoms with Crippen LogP contribution in [0.1, 0.15) is 17.0 Å². The van der Waals surface area contributed by atoms with E-state index < -0.39 is 0 Å². The van der Waals surface area contributed by atoms with Crippen LogP contribution in [0.3, 0.4) is 0 Å². The molecule has 0 unspecified atom stereocenters. The SMILES string of the molecule is CN=C(NCc1cn2c(C)cccc2n1)NCc1ccccc1OC. The Morgan fingerprint density at radius 2 is 1.92 bits per heavy atom. The summed E-state index contributed by atoms with van der Waals surface area (Å²) >= 11 is 0. The number of methoxy groups -OCH3 is 1. The second-order valence-electron chi connectivity index (χ2n) is 5.72. The Morgan fingerprint density at radius 1 is 1.12 bits per heavy atom. The van der Waals surface area contributed by atoms with Gasteiger partial charge >= 0.3 is 0 Å². The molecule has 130 valence electrons. The smallest absolute Gasteiger partial charge is 0.191 e. The fourth-order valence-electron chi connectivity index (χ4n) is 2.71. The number of aliphatic imine (C=N–C) groups is 1. The number of fused-ring (bicyclic) bond motifs is 1. The third kappa shape index (κ3) is 3.91. The van der Waals surface area contributed by atoms with Crippen molar-refractivity contribution in [3.63, 3.8) is 0 Å². The van der Waals surface area contributed by atoms with Gasteiger partial charge in [-0.05, 0) is 25.1 Å². The Hall–Kier alpha value is -3.02. The first-order valence-electron chi connectivity index (χ1n) is 8.21. The molecule has 2 heterocycles. The fraction of sp³-hybridized carbons (Fsp3) is 0.263. The summed E-state index contributed by atoms with van der Waals surface area (Å²) in [5.41, 5.74) is 4.16. The maximum atomic E-state index is 5.37. The zero-order valence-corrected chi connectivity index (χ0v) is 14.8. The summed E-state index contributed by atoms with van der Waals surface area (Å²) in [6.07, 6.45) is 2.05. The van der Waals surface area contributed by atoms with Crippen LogP contribution in [0.15, 0.2) is 53.7 Å². The van der Waals surface area contributed by atoms with Crippen molar-refractivity contribution in [2.24, 2.45) is 4.99 Å². The normalized spacial score (nSPS) is 11.6. The number of aromatic nitrogens is 2. The maximum absolute atomic E-state index is 5.37. The van der Waals surface area contributed by atoms with Crippen molar-refractivity contribution in [2.45, 2.75) is 20.0 Å². The van der Waals surface area contributed by atoms with E-state index in [1.165, 1.54) is 0 Å². The van der Waals surface area contributed by atoms with Crippen molar-refractivity contribution in [1.29, 1.82) is 0 Å². The van der Waals surface area contributed by atoms with E-state index in [4.69, 9.17) is 4.74 Å². The van der Waals surface area contributed by atoms with E-state index in [9.17, 15) is 0 Å².